The molecule has 0 unspecified atom stereocenters. The van der Waals surface area contributed by atoms with Crippen LogP contribution < -0.4 is 11.1 Å². The molecule has 2 atom stereocenters. The molecule has 0 radical (unpaired) electrons. The Bertz CT molecular complexity index is 410. The van der Waals surface area contributed by atoms with Crippen LogP contribution in [0.15, 0.2) is 0 Å². The molecule has 2 amide bonds. The Hall–Kier alpha value is -2.12. The molecule has 0 aliphatic heterocycles. The first-order chi connectivity index (χ1) is 10.3. The van der Waals surface area contributed by atoms with Gasteiger partial charge in [-0.3, -0.25) is 19.2 Å². The van der Waals surface area contributed by atoms with Gasteiger partial charge in [0.15, 0.2) is 0 Å². The number of rotatable bonds is 10. The first-order valence-corrected chi connectivity index (χ1v) is 7.21. The van der Waals surface area contributed by atoms with Crippen molar-refractivity contribution in [3.05, 3.63) is 0 Å². The lowest BCUT2D eigenvalue weighted by Gasteiger charge is -2.21. The van der Waals surface area contributed by atoms with E-state index in [0.29, 0.717) is 0 Å². The molecule has 0 aliphatic rings. The Morgan fingerprint density at radius 2 is 1.55 bits per heavy atom. The lowest BCUT2D eigenvalue weighted by molar-refractivity contribution is -0.144. The summed E-state index contributed by atoms with van der Waals surface area (Å²) < 4.78 is 9.49. The first kappa shape index (κ1) is 19.9. The molecular formula is C14H24N2O6. The number of nitrogens with one attached hydrogen (secondary N) is 1. The summed E-state index contributed by atoms with van der Waals surface area (Å²) in [5.41, 5.74) is 5.24. The highest BCUT2D eigenvalue weighted by atomic mass is 16.5. The largest absolute Gasteiger partial charge is 0.466 e. The maximum Gasteiger partial charge on any atom is 0.306 e. The maximum atomic E-state index is 11.7. The molecule has 0 aromatic carbocycles. The molecule has 126 valence electrons. The molecule has 0 heterocycles. The summed E-state index contributed by atoms with van der Waals surface area (Å²) in [5.74, 6) is -2.73. The van der Waals surface area contributed by atoms with Gasteiger partial charge in [0.2, 0.25) is 11.8 Å². The average molecular weight is 316 g/mol. The van der Waals surface area contributed by atoms with E-state index in [0.717, 1.165) is 0 Å². The van der Waals surface area contributed by atoms with Gasteiger partial charge in [0.05, 0.1) is 26.1 Å². The SMILES string of the molecule is CCOC(=O)CCC(=O)N[C@H](C(N)=O)[C@H](C)CC(=O)OCC. The fourth-order valence-electron chi connectivity index (χ4n) is 1.79. The van der Waals surface area contributed by atoms with Crippen molar-refractivity contribution in [3.63, 3.8) is 0 Å². The second-order valence-electron chi connectivity index (χ2n) is 4.74. The van der Waals surface area contributed by atoms with Gasteiger partial charge >= 0.3 is 11.9 Å². The molecule has 0 spiro atoms. The molecule has 3 N–H and O–H groups in total. The van der Waals surface area contributed by atoms with Gasteiger partial charge in [-0.1, -0.05) is 6.92 Å². The fourth-order valence-corrected chi connectivity index (χ4v) is 1.79. The smallest absolute Gasteiger partial charge is 0.306 e. The number of primary amides is 1. The standard InChI is InChI=1S/C14H24N2O6/c1-4-21-11(18)7-6-10(17)16-13(14(15)20)9(3)8-12(19)22-5-2/h9,13H,4-8H2,1-3H3,(H2,15,20)(H,16,17)/t9-,13+/m1/s1. The second kappa shape index (κ2) is 10.6. The quantitative estimate of drug-likeness (QED) is 0.542. The minimum atomic E-state index is -1.00. The minimum Gasteiger partial charge on any atom is -0.466 e. The molecular weight excluding hydrogens is 292 g/mol. The van der Waals surface area contributed by atoms with E-state index in [1.165, 1.54) is 0 Å². The van der Waals surface area contributed by atoms with Crippen LogP contribution in [0.25, 0.3) is 0 Å². The molecule has 0 aromatic rings. The summed E-state index contributed by atoms with van der Waals surface area (Å²) in [6, 6.07) is -1.00. The predicted molar refractivity (Wildman–Crippen MR) is 77.4 cm³/mol. The third kappa shape index (κ3) is 8.23. The van der Waals surface area contributed by atoms with E-state index in [9.17, 15) is 19.2 Å². The summed E-state index contributed by atoms with van der Waals surface area (Å²) in [4.78, 5) is 45.7. The Morgan fingerprint density at radius 3 is 2.05 bits per heavy atom. The topological polar surface area (TPSA) is 125 Å². The van der Waals surface area contributed by atoms with Crippen LogP contribution >= 0.6 is 0 Å². The van der Waals surface area contributed by atoms with Crippen LogP contribution in [0.5, 0.6) is 0 Å². The summed E-state index contributed by atoms with van der Waals surface area (Å²) in [5, 5.41) is 2.43. The number of carbonyl (C=O) groups is 4. The summed E-state index contributed by atoms with van der Waals surface area (Å²) >= 11 is 0. The van der Waals surface area contributed by atoms with Gasteiger partial charge in [0.25, 0.3) is 0 Å². The average Bonchev–Trinajstić information content (AvgIpc) is 2.42. The molecule has 0 rings (SSSR count). The third-order valence-electron chi connectivity index (χ3n) is 2.85. The Morgan fingerprint density at radius 1 is 1.00 bits per heavy atom. The monoisotopic (exact) mass is 316 g/mol. The number of hydrogen-bond donors (Lipinski definition) is 2. The van der Waals surface area contributed by atoms with Crippen molar-refractivity contribution in [3.8, 4) is 0 Å². The number of amides is 2. The third-order valence-corrected chi connectivity index (χ3v) is 2.85. The van der Waals surface area contributed by atoms with Crippen LogP contribution in [0.2, 0.25) is 0 Å². The van der Waals surface area contributed by atoms with Crippen molar-refractivity contribution < 1.29 is 28.7 Å². The van der Waals surface area contributed by atoms with Crippen LogP contribution in [0.1, 0.15) is 40.0 Å². The Labute approximate surface area is 129 Å². The molecule has 0 bridgehead atoms. The zero-order chi connectivity index (χ0) is 17.1. The van der Waals surface area contributed by atoms with Crippen LogP contribution in [0.4, 0.5) is 0 Å². The highest BCUT2D eigenvalue weighted by molar-refractivity contribution is 5.88. The highest BCUT2D eigenvalue weighted by Gasteiger charge is 2.27. The number of ether oxygens (including phenoxy) is 2. The summed E-state index contributed by atoms with van der Waals surface area (Å²) in [7, 11) is 0. The normalized spacial score (nSPS) is 12.9. The van der Waals surface area contributed by atoms with Crippen LogP contribution in [0.3, 0.4) is 0 Å². The van der Waals surface area contributed by atoms with Gasteiger partial charge in [-0.15, -0.1) is 0 Å². The van der Waals surface area contributed by atoms with E-state index >= 15 is 0 Å². The second-order valence-corrected chi connectivity index (χ2v) is 4.74. The molecule has 0 aromatic heterocycles. The van der Waals surface area contributed by atoms with E-state index in [1.807, 2.05) is 0 Å². The molecule has 22 heavy (non-hydrogen) atoms. The van der Waals surface area contributed by atoms with E-state index < -0.39 is 35.7 Å². The molecule has 0 saturated heterocycles. The lowest BCUT2D eigenvalue weighted by atomic mass is 9.97. The summed E-state index contributed by atoms with van der Waals surface area (Å²) in [6.07, 6.45) is -0.244. The van der Waals surface area contributed by atoms with Gasteiger partial charge in [0, 0.05) is 6.42 Å². The molecule has 0 fully saturated rings. The van der Waals surface area contributed by atoms with Crippen LogP contribution in [-0.4, -0.2) is 43.0 Å². The number of hydrogen-bond acceptors (Lipinski definition) is 6. The first-order valence-electron chi connectivity index (χ1n) is 7.21. The van der Waals surface area contributed by atoms with E-state index in [-0.39, 0.29) is 32.5 Å². The number of carbonyl (C=O) groups excluding carboxylic acids is 4. The van der Waals surface area contributed by atoms with Crippen molar-refractivity contribution in [2.24, 2.45) is 11.7 Å². The van der Waals surface area contributed by atoms with Crippen LogP contribution in [0, 0.1) is 5.92 Å². The number of nitrogens with two attached hydrogens (primary N) is 1. The maximum absolute atomic E-state index is 11.7. The molecule has 0 aliphatic carbocycles. The van der Waals surface area contributed by atoms with Crippen molar-refractivity contribution in [1.29, 1.82) is 0 Å². The Kier molecular flexibility index (Phi) is 9.56. The van der Waals surface area contributed by atoms with Gasteiger partial charge in [-0.25, -0.2) is 0 Å². The minimum absolute atomic E-state index is 0.0421. The molecule has 0 saturated carbocycles. The van der Waals surface area contributed by atoms with Gasteiger partial charge in [0.1, 0.15) is 6.04 Å². The molecule has 8 heteroatoms. The zero-order valence-electron chi connectivity index (χ0n) is 13.2. The van der Waals surface area contributed by atoms with Crippen molar-refractivity contribution in [2.45, 2.75) is 46.1 Å². The van der Waals surface area contributed by atoms with Crippen molar-refractivity contribution >= 4 is 23.8 Å². The van der Waals surface area contributed by atoms with Gasteiger partial charge in [-0.05, 0) is 19.8 Å². The zero-order valence-corrected chi connectivity index (χ0v) is 13.2. The number of esters is 2. The van der Waals surface area contributed by atoms with Gasteiger partial charge < -0.3 is 20.5 Å². The van der Waals surface area contributed by atoms with Crippen molar-refractivity contribution in [2.75, 3.05) is 13.2 Å². The van der Waals surface area contributed by atoms with E-state index in [4.69, 9.17) is 15.2 Å². The molecule has 8 nitrogen and oxygen atoms in total. The van der Waals surface area contributed by atoms with E-state index in [1.54, 1.807) is 20.8 Å². The van der Waals surface area contributed by atoms with Crippen LogP contribution in [-0.2, 0) is 28.7 Å². The van der Waals surface area contributed by atoms with Crippen molar-refractivity contribution in [1.82, 2.24) is 5.32 Å². The highest BCUT2D eigenvalue weighted by Crippen LogP contribution is 2.10. The fraction of sp³-hybridized carbons (Fsp3) is 0.714. The lowest BCUT2D eigenvalue weighted by Crippen LogP contribution is -2.49. The van der Waals surface area contributed by atoms with Gasteiger partial charge in [-0.2, -0.15) is 0 Å². The Balaban J connectivity index is 4.44. The predicted octanol–water partition coefficient (Wildman–Crippen LogP) is -0.111. The summed E-state index contributed by atoms with van der Waals surface area (Å²) in [6.45, 7) is 5.42. The van der Waals surface area contributed by atoms with E-state index in [2.05, 4.69) is 5.32 Å².